The maximum atomic E-state index is 12.3. The predicted octanol–water partition coefficient (Wildman–Crippen LogP) is 3.69. The van der Waals surface area contributed by atoms with Crippen LogP contribution in [0.25, 0.3) is 0 Å². The van der Waals surface area contributed by atoms with Crippen molar-refractivity contribution in [1.82, 2.24) is 5.32 Å². The largest absolute Gasteiger partial charge is 0.455 e. The molecule has 0 aromatic heterocycles. The molecule has 1 saturated carbocycles. The zero-order chi connectivity index (χ0) is 20.1. The molecule has 1 aliphatic carbocycles. The third-order valence-electron chi connectivity index (χ3n) is 4.63. The third kappa shape index (κ3) is 5.28. The molecule has 0 heterocycles. The van der Waals surface area contributed by atoms with Crippen molar-refractivity contribution in [2.75, 3.05) is 6.61 Å². The molecule has 148 valence electrons. The van der Waals surface area contributed by atoms with Crippen LogP contribution in [0.4, 0.5) is 8.78 Å². The number of rotatable bonds is 8. The van der Waals surface area contributed by atoms with Gasteiger partial charge in [-0.1, -0.05) is 49.4 Å². The van der Waals surface area contributed by atoms with Gasteiger partial charge in [-0.05, 0) is 35.6 Å². The summed E-state index contributed by atoms with van der Waals surface area (Å²) in [7, 11) is 0. The van der Waals surface area contributed by atoms with Gasteiger partial charge in [0.05, 0.1) is 12.0 Å². The molecule has 2 aromatic rings. The van der Waals surface area contributed by atoms with Gasteiger partial charge in [0.25, 0.3) is 5.91 Å². The van der Waals surface area contributed by atoms with Gasteiger partial charge in [-0.3, -0.25) is 9.59 Å². The van der Waals surface area contributed by atoms with Gasteiger partial charge in [0.1, 0.15) is 5.75 Å². The number of halogens is 2. The van der Waals surface area contributed by atoms with Crippen molar-refractivity contribution in [3.63, 3.8) is 0 Å². The number of nitrogens with one attached hydrogen (secondary N) is 1. The van der Waals surface area contributed by atoms with Gasteiger partial charge in [0.2, 0.25) is 0 Å². The molecule has 1 aliphatic rings. The molecule has 3 rings (SSSR count). The van der Waals surface area contributed by atoms with Gasteiger partial charge in [0, 0.05) is 0 Å². The van der Waals surface area contributed by atoms with Crippen LogP contribution in [0.1, 0.15) is 30.5 Å². The summed E-state index contributed by atoms with van der Waals surface area (Å²) in [6.45, 7) is -1.31. The lowest BCUT2D eigenvalue weighted by Gasteiger charge is -2.20. The van der Waals surface area contributed by atoms with E-state index >= 15 is 0 Å². The van der Waals surface area contributed by atoms with E-state index in [1.54, 1.807) is 12.1 Å². The normalized spacial score (nSPS) is 19.0. The molecule has 1 amide bonds. The van der Waals surface area contributed by atoms with Crippen LogP contribution < -0.4 is 10.1 Å². The number of esters is 1. The molecule has 1 fully saturated rings. The van der Waals surface area contributed by atoms with Crippen LogP contribution >= 0.6 is 0 Å². The number of carbonyl (C=O) groups excluding carboxylic acids is 2. The first-order chi connectivity index (χ1) is 13.4. The lowest BCUT2D eigenvalue weighted by molar-refractivity contribution is -0.150. The van der Waals surface area contributed by atoms with Crippen LogP contribution in [0.5, 0.6) is 5.75 Å². The predicted molar refractivity (Wildman–Crippen MR) is 97.7 cm³/mol. The van der Waals surface area contributed by atoms with Crippen molar-refractivity contribution in [3.05, 3.63) is 65.7 Å². The van der Waals surface area contributed by atoms with Crippen LogP contribution in [0, 0.1) is 11.8 Å². The molecule has 2 aromatic carbocycles. The van der Waals surface area contributed by atoms with Crippen LogP contribution in [-0.4, -0.2) is 25.1 Å². The fourth-order valence-electron chi connectivity index (χ4n) is 2.94. The first-order valence-corrected chi connectivity index (χ1v) is 8.99. The molecule has 7 heteroatoms. The fourth-order valence-corrected chi connectivity index (χ4v) is 2.94. The minimum atomic E-state index is -2.90. The standard InChI is InChI=1S/C21H21F2NO4/c1-13-11-17(13)20(26)27-12-18(25)24-19(14-5-3-2-4-6-14)15-7-9-16(10-8-15)28-21(22)23/h2-10,13,17,19,21H,11-12H2,1H3,(H,24,25)/t13-,17+,19+/m1/s1. The Morgan fingerprint density at radius 2 is 1.68 bits per heavy atom. The number of carbonyl (C=O) groups is 2. The van der Waals surface area contributed by atoms with E-state index in [2.05, 4.69) is 10.1 Å². The van der Waals surface area contributed by atoms with E-state index in [4.69, 9.17) is 4.74 Å². The van der Waals surface area contributed by atoms with Gasteiger partial charge in [-0.25, -0.2) is 0 Å². The highest BCUT2D eigenvalue weighted by molar-refractivity contribution is 5.82. The summed E-state index contributed by atoms with van der Waals surface area (Å²) >= 11 is 0. The van der Waals surface area contributed by atoms with E-state index in [1.807, 2.05) is 37.3 Å². The Morgan fingerprint density at radius 1 is 1.07 bits per heavy atom. The van der Waals surface area contributed by atoms with E-state index in [0.29, 0.717) is 11.5 Å². The number of ether oxygens (including phenoxy) is 2. The molecular weight excluding hydrogens is 368 g/mol. The van der Waals surface area contributed by atoms with E-state index in [-0.39, 0.29) is 24.2 Å². The topological polar surface area (TPSA) is 64.6 Å². The Labute approximate surface area is 161 Å². The molecule has 0 bridgehead atoms. The fraction of sp³-hybridized carbons (Fsp3) is 0.333. The lowest BCUT2D eigenvalue weighted by atomic mass is 9.98. The second-order valence-corrected chi connectivity index (χ2v) is 6.79. The van der Waals surface area contributed by atoms with Crippen LogP contribution in [-0.2, 0) is 14.3 Å². The van der Waals surface area contributed by atoms with E-state index < -0.39 is 18.6 Å². The maximum absolute atomic E-state index is 12.3. The number of hydrogen-bond acceptors (Lipinski definition) is 4. The van der Waals surface area contributed by atoms with E-state index in [1.165, 1.54) is 12.1 Å². The van der Waals surface area contributed by atoms with Crippen LogP contribution in [0.2, 0.25) is 0 Å². The highest BCUT2D eigenvalue weighted by Crippen LogP contribution is 2.38. The van der Waals surface area contributed by atoms with Gasteiger partial charge in [0.15, 0.2) is 6.61 Å². The summed E-state index contributed by atoms with van der Waals surface area (Å²) in [4.78, 5) is 24.1. The molecule has 0 spiro atoms. The second kappa shape index (κ2) is 8.82. The monoisotopic (exact) mass is 389 g/mol. The average molecular weight is 389 g/mol. The van der Waals surface area contributed by atoms with Crippen molar-refractivity contribution in [1.29, 1.82) is 0 Å². The summed E-state index contributed by atoms with van der Waals surface area (Å²) < 4.78 is 34.1. The molecule has 5 nitrogen and oxygen atoms in total. The second-order valence-electron chi connectivity index (χ2n) is 6.79. The Bertz CT molecular complexity index is 811. The summed E-state index contributed by atoms with van der Waals surface area (Å²) in [5.74, 6) is -0.568. The molecule has 1 N–H and O–H groups in total. The highest BCUT2D eigenvalue weighted by atomic mass is 19.3. The highest BCUT2D eigenvalue weighted by Gasteiger charge is 2.40. The summed E-state index contributed by atoms with van der Waals surface area (Å²) in [6.07, 6.45) is 0.792. The Kier molecular flexibility index (Phi) is 6.23. The molecule has 0 radical (unpaired) electrons. The smallest absolute Gasteiger partial charge is 0.387 e. The Morgan fingerprint density at radius 3 is 2.25 bits per heavy atom. The van der Waals surface area contributed by atoms with Crippen molar-refractivity contribution in [2.24, 2.45) is 11.8 Å². The summed E-state index contributed by atoms with van der Waals surface area (Å²) in [5, 5.41) is 2.83. The van der Waals surface area contributed by atoms with Crippen LogP contribution in [0.3, 0.4) is 0 Å². The molecule has 0 aliphatic heterocycles. The van der Waals surface area contributed by atoms with Gasteiger partial charge < -0.3 is 14.8 Å². The summed E-state index contributed by atoms with van der Waals surface area (Å²) in [5.41, 5.74) is 1.49. The van der Waals surface area contributed by atoms with Crippen molar-refractivity contribution < 1.29 is 27.8 Å². The van der Waals surface area contributed by atoms with Crippen molar-refractivity contribution in [3.8, 4) is 5.75 Å². The van der Waals surface area contributed by atoms with Gasteiger partial charge >= 0.3 is 12.6 Å². The molecular formula is C21H21F2NO4. The Hall–Kier alpha value is -2.96. The number of benzene rings is 2. The van der Waals surface area contributed by atoms with E-state index in [9.17, 15) is 18.4 Å². The first-order valence-electron chi connectivity index (χ1n) is 8.99. The zero-order valence-electron chi connectivity index (χ0n) is 15.3. The minimum absolute atomic E-state index is 0.0318. The first kappa shape index (κ1) is 19.8. The van der Waals surface area contributed by atoms with Crippen LogP contribution in [0.15, 0.2) is 54.6 Å². The average Bonchev–Trinajstić information content (AvgIpc) is 3.42. The number of hydrogen-bond donors (Lipinski definition) is 1. The molecule has 0 unspecified atom stereocenters. The quantitative estimate of drug-likeness (QED) is 0.700. The molecule has 3 atom stereocenters. The summed E-state index contributed by atoms with van der Waals surface area (Å²) in [6, 6.07) is 14.7. The zero-order valence-corrected chi connectivity index (χ0v) is 15.3. The van der Waals surface area contributed by atoms with Crippen molar-refractivity contribution >= 4 is 11.9 Å². The van der Waals surface area contributed by atoms with Crippen molar-refractivity contribution in [2.45, 2.75) is 26.0 Å². The minimum Gasteiger partial charge on any atom is -0.455 e. The van der Waals surface area contributed by atoms with E-state index in [0.717, 1.165) is 12.0 Å². The lowest BCUT2D eigenvalue weighted by Crippen LogP contribution is -2.33. The number of alkyl halides is 2. The molecule has 0 saturated heterocycles. The van der Waals surface area contributed by atoms with Gasteiger partial charge in [-0.15, -0.1) is 0 Å². The Balaban J connectivity index is 1.69. The van der Waals surface area contributed by atoms with Gasteiger partial charge in [-0.2, -0.15) is 8.78 Å². The third-order valence-corrected chi connectivity index (χ3v) is 4.63. The number of amides is 1. The maximum Gasteiger partial charge on any atom is 0.387 e. The molecule has 28 heavy (non-hydrogen) atoms. The SMILES string of the molecule is C[C@@H]1C[C@@H]1C(=O)OCC(=O)N[C@@H](c1ccccc1)c1ccc(OC(F)F)cc1.